The van der Waals surface area contributed by atoms with Gasteiger partial charge in [-0.15, -0.1) is 0 Å². The SMILES string of the molecule is CCOP1(OCC)=N[P+](OCC)(OCC)N[P+](OCC)(OCC)N1. The molecule has 0 bridgehead atoms. The monoisotopic (exact) mass is 407 g/mol. The first-order chi connectivity index (χ1) is 11.5. The molecular weight excluding hydrogens is 375 g/mol. The normalized spacial score (nSPS) is 21.4. The van der Waals surface area contributed by atoms with E-state index in [1.165, 1.54) is 0 Å². The molecule has 0 aromatic heterocycles. The molecule has 0 aromatic rings. The average molecular weight is 407 g/mol. The first kappa shape index (κ1) is 22.8. The highest BCUT2D eigenvalue weighted by Gasteiger charge is 2.69. The van der Waals surface area contributed by atoms with Crippen molar-refractivity contribution in [1.29, 1.82) is 0 Å². The quantitative estimate of drug-likeness (QED) is 0.450. The fraction of sp³-hybridized carbons (Fsp3) is 1.00. The Morgan fingerprint density at radius 3 is 1.54 bits per heavy atom. The average Bonchev–Trinajstić information content (AvgIpc) is 2.48. The van der Waals surface area contributed by atoms with E-state index in [-0.39, 0.29) is 0 Å². The smallest absolute Gasteiger partial charge is 0.308 e. The predicted molar refractivity (Wildman–Crippen MR) is 99.2 cm³/mol. The van der Waals surface area contributed by atoms with E-state index in [1.807, 2.05) is 41.5 Å². The summed E-state index contributed by atoms with van der Waals surface area (Å²) in [5, 5.41) is 0. The Labute approximate surface area is 146 Å². The van der Waals surface area contributed by atoms with Gasteiger partial charge >= 0.3 is 23.7 Å². The maximum Gasteiger partial charge on any atom is 0.525 e. The van der Waals surface area contributed by atoms with Crippen LogP contribution in [0.3, 0.4) is 0 Å². The van der Waals surface area contributed by atoms with E-state index < -0.39 is 23.7 Å². The van der Waals surface area contributed by atoms with Gasteiger partial charge in [-0.2, -0.15) is 18.1 Å². The highest BCUT2D eigenvalue weighted by Crippen LogP contribution is 2.81. The molecule has 12 heteroatoms. The predicted octanol–water partition coefficient (Wildman–Crippen LogP) is 4.70. The summed E-state index contributed by atoms with van der Waals surface area (Å²) in [6.07, 6.45) is 0. The van der Waals surface area contributed by atoms with Crippen molar-refractivity contribution in [1.82, 2.24) is 9.72 Å². The highest BCUT2D eigenvalue weighted by atomic mass is 31.3. The summed E-state index contributed by atoms with van der Waals surface area (Å²) in [7, 11) is -8.43. The second-order valence-corrected chi connectivity index (χ2v) is 11.4. The van der Waals surface area contributed by atoms with Crippen LogP contribution in [0.4, 0.5) is 0 Å². The van der Waals surface area contributed by atoms with Crippen LogP contribution in [0.25, 0.3) is 0 Å². The number of rotatable bonds is 12. The lowest BCUT2D eigenvalue weighted by molar-refractivity contribution is 0.207. The van der Waals surface area contributed by atoms with E-state index in [0.717, 1.165) is 0 Å². The third-order valence-electron chi connectivity index (χ3n) is 2.59. The lowest BCUT2D eigenvalue weighted by Crippen LogP contribution is -2.36. The largest absolute Gasteiger partial charge is 0.525 e. The molecule has 1 aliphatic rings. The molecule has 24 heavy (non-hydrogen) atoms. The fourth-order valence-corrected chi connectivity index (χ4v) is 12.6. The van der Waals surface area contributed by atoms with Crippen LogP contribution in [0.1, 0.15) is 41.5 Å². The van der Waals surface area contributed by atoms with Crippen LogP contribution in [-0.4, -0.2) is 39.6 Å². The van der Waals surface area contributed by atoms with Gasteiger partial charge in [0.2, 0.25) is 0 Å². The molecule has 0 fully saturated rings. The summed E-state index contributed by atoms with van der Waals surface area (Å²) in [6.45, 7) is 14.0. The number of nitrogens with one attached hydrogen (secondary N) is 2. The fourth-order valence-electron chi connectivity index (χ4n) is 2.06. The van der Waals surface area contributed by atoms with Gasteiger partial charge in [-0.05, 0) is 46.4 Å². The molecular formula is C12H32N3O6P3+2. The van der Waals surface area contributed by atoms with E-state index in [4.69, 9.17) is 31.7 Å². The van der Waals surface area contributed by atoms with Gasteiger partial charge in [-0.1, -0.05) is 0 Å². The standard InChI is InChI=1S/C12H32N3O6P3/c1-7-16-22(17-8-2)13-23(18-9-3,19-10-4)15-24(14-22,20-11-5)21-12-6/h13-14H,7-12H2,1-6H3/q+2. The minimum absolute atomic E-state index is 0.431. The zero-order valence-electron chi connectivity index (χ0n) is 15.5. The van der Waals surface area contributed by atoms with Gasteiger partial charge in [-0.25, -0.2) is 0 Å². The Kier molecular flexibility index (Phi) is 10.3. The molecule has 144 valence electrons. The Balaban J connectivity index is 3.43. The van der Waals surface area contributed by atoms with Gasteiger partial charge in [-0.3, -0.25) is 0 Å². The summed E-state index contributed by atoms with van der Waals surface area (Å²) in [4.78, 5) is 6.56. The van der Waals surface area contributed by atoms with E-state index in [0.29, 0.717) is 39.6 Å². The Hall–Kier alpha value is 0.770. The van der Waals surface area contributed by atoms with Crippen LogP contribution in [0.5, 0.6) is 0 Å². The lowest BCUT2D eigenvalue weighted by Gasteiger charge is -2.33. The lowest BCUT2D eigenvalue weighted by atomic mass is 10.9. The first-order valence-electron chi connectivity index (χ1n) is 8.36. The number of hydrogen-bond acceptors (Lipinski definition) is 9. The molecule has 2 N–H and O–H groups in total. The molecule has 0 saturated carbocycles. The van der Waals surface area contributed by atoms with Gasteiger partial charge in [0.05, 0.1) is 44.5 Å². The van der Waals surface area contributed by atoms with Crippen molar-refractivity contribution in [2.75, 3.05) is 39.6 Å². The summed E-state index contributed by atoms with van der Waals surface area (Å²) in [5.41, 5.74) is 0. The molecule has 0 aliphatic carbocycles. The summed E-state index contributed by atoms with van der Waals surface area (Å²) < 4.78 is 40.3. The topological polar surface area (TPSA) is 91.8 Å². The van der Waals surface area contributed by atoms with Gasteiger partial charge in [0.15, 0.2) is 0 Å². The zero-order chi connectivity index (χ0) is 18.1. The molecule has 0 radical (unpaired) electrons. The second-order valence-electron chi connectivity index (χ2n) is 4.39. The van der Waals surface area contributed by atoms with Crippen molar-refractivity contribution in [3.05, 3.63) is 0 Å². The first-order valence-corrected chi connectivity index (χ1v) is 13.1. The maximum atomic E-state index is 5.95. The number of hydrogen-bond donors (Lipinski definition) is 2. The molecule has 1 heterocycles. The van der Waals surface area contributed by atoms with E-state index in [2.05, 4.69) is 9.72 Å². The molecule has 0 unspecified atom stereocenters. The third kappa shape index (κ3) is 5.90. The minimum Gasteiger partial charge on any atom is -0.308 e. The van der Waals surface area contributed by atoms with Crippen LogP contribution >= 0.6 is 23.7 Å². The Morgan fingerprint density at radius 2 is 1.17 bits per heavy atom. The molecule has 0 aromatic carbocycles. The summed E-state index contributed by atoms with van der Waals surface area (Å²) >= 11 is 0. The van der Waals surface area contributed by atoms with Crippen molar-refractivity contribution in [2.45, 2.75) is 41.5 Å². The van der Waals surface area contributed by atoms with Crippen LogP contribution in [0.2, 0.25) is 0 Å². The molecule has 9 nitrogen and oxygen atoms in total. The summed E-state index contributed by atoms with van der Waals surface area (Å²) in [5.74, 6) is 0. The van der Waals surface area contributed by atoms with Crippen molar-refractivity contribution < 1.29 is 27.1 Å². The number of nitrogens with zero attached hydrogens (tertiary/aromatic N) is 1. The summed E-state index contributed by atoms with van der Waals surface area (Å²) in [6, 6.07) is 0. The van der Waals surface area contributed by atoms with Gasteiger partial charge in [0.1, 0.15) is 0 Å². The van der Waals surface area contributed by atoms with Gasteiger partial charge in [0, 0.05) is 4.52 Å². The zero-order valence-corrected chi connectivity index (χ0v) is 18.2. The molecule has 0 amide bonds. The van der Waals surface area contributed by atoms with Crippen LogP contribution < -0.4 is 9.72 Å². The van der Waals surface area contributed by atoms with Crippen LogP contribution in [0.15, 0.2) is 4.52 Å². The van der Waals surface area contributed by atoms with E-state index in [1.54, 1.807) is 0 Å². The highest BCUT2D eigenvalue weighted by molar-refractivity contribution is 7.88. The van der Waals surface area contributed by atoms with Gasteiger partial charge in [0.25, 0.3) is 0 Å². The van der Waals surface area contributed by atoms with Gasteiger partial charge < -0.3 is 9.05 Å². The molecule has 1 rings (SSSR count). The molecule has 0 saturated heterocycles. The van der Waals surface area contributed by atoms with Crippen LogP contribution in [0, 0.1) is 0 Å². The molecule has 0 spiro atoms. The van der Waals surface area contributed by atoms with Crippen LogP contribution in [-0.2, 0) is 27.1 Å². The van der Waals surface area contributed by atoms with E-state index >= 15 is 0 Å². The second kappa shape index (κ2) is 10.8. The Bertz CT molecular complexity index is 407. The third-order valence-corrected chi connectivity index (χ3v) is 12.3. The maximum absolute atomic E-state index is 5.95. The molecule has 1 aliphatic heterocycles. The Morgan fingerprint density at radius 1 is 0.708 bits per heavy atom. The van der Waals surface area contributed by atoms with Crippen molar-refractivity contribution in [3.8, 4) is 0 Å². The molecule has 0 atom stereocenters. The minimum atomic E-state index is -2.84. The van der Waals surface area contributed by atoms with E-state index in [9.17, 15) is 0 Å². The van der Waals surface area contributed by atoms with Crippen molar-refractivity contribution in [2.24, 2.45) is 4.52 Å². The van der Waals surface area contributed by atoms with Crippen molar-refractivity contribution >= 4 is 23.7 Å². The van der Waals surface area contributed by atoms with Crippen molar-refractivity contribution in [3.63, 3.8) is 0 Å².